The highest BCUT2D eigenvalue weighted by atomic mass is 15.0. The van der Waals surface area contributed by atoms with E-state index in [4.69, 9.17) is 15.0 Å². The molecule has 0 atom stereocenters. The van der Waals surface area contributed by atoms with Crippen LogP contribution in [-0.4, -0.2) is 15.0 Å². The van der Waals surface area contributed by atoms with E-state index in [-0.39, 0.29) is 0 Å². The average molecular weight is 712 g/mol. The molecule has 0 amide bonds. The molecule has 260 valence electrons. The third kappa shape index (κ3) is 5.40. The van der Waals surface area contributed by atoms with Crippen LogP contribution < -0.4 is 0 Å². The van der Waals surface area contributed by atoms with Crippen LogP contribution in [0.15, 0.2) is 200 Å². The van der Waals surface area contributed by atoms with Gasteiger partial charge in [0.05, 0.1) is 0 Å². The van der Waals surface area contributed by atoms with Crippen LogP contribution in [0.4, 0.5) is 0 Å². The summed E-state index contributed by atoms with van der Waals surface area (Å²) in [6.07, 6.45) is 0. The first-order chi connectivity index (χ1) is 27.7. The quantitative estimate of drug-likeness (QED) is 0.172. The van der Waals surface area contributed by atoms with Crippen LogP contribution in [0.3, 0.4) is 0 Å². The first-order valence-corrected chi connectivity index (χ1v) is 19.0. The highest BCUT2D eigenvalue weighted by Crippen LogP contribution is 2.49. The molecule has 9 aromatic carbocycles. The normalized spacial score (nSPS) is 11.6. The van der Waals surface area contributed by atoms with Gasteiger partial charge in [-0.15, -0.1) is 0 Å². The van der Waals surface area contributed by atoms with E-state index in [1.807, 2.05) is 60.7 Å². The third-order valence-electron chi connectivity index (χ3n) is 11.1. The maximum absolute atomic E-state index is 4.95. The predicted octanol–water partition coefficient (Wildman–Crippen LogP) is 13.8. The van der Waals surface area contributed by atoms with E-state index < -0.39 is 0 Å². The van der Waals surface area contributed by atoms with Gasteiger partial charge in [-0.3, -0.25) is 0 Å². The summed E-state index contributed by atoms with van der Waals surface area (Å²) in [6.45, 7) is 0. The number of rotatable bonds is 6. The highest BCUT2D eigenvalue weighted by Gasteiger charge is 2.22. The Balaban J connectivity index is 0.958. The zero-order valence-corrected chi connectivity index (χ0v) is 30.4. The van der Waals surface area contributed by atoms with E-state index in [9.17, 15) is 0 Å². The molecule has 0 unspecified atom stereocenters. The predicted molar refractivity (Wildman–Crippen MR) is 232 cm³/mol. The summed E-state index contributed by atoms with van der Waals surface area (Å²) in [5.41, 5.74) is 15.3. The minimum absolute atomic E-state index is 0.646. The molecule has 3 heteroatoms. The minimum atomic E-state index is 0.646. The van der Waals surface area contributed by atoms with E-state index >= 15 is 0 Å². The van der Waals surface area contributed by atoms with Crippen molar-refractivity contribution in [3.8, 4) is 89.8 Å². The summed E-state index contributed by atoms with van der Waals surface area (Å²) in [6, 6.07) is 71.2. The van der Waals surface area contributed by atoms with Crippen molar-refractivity contribution in [1.29, 1.82) is 0 Å². The van der Waals surface area contributed by atoms with Gasteiger partial charge >= 0.3 is 0 Å². The molecule has 1 aliphatic carbocycles. The Morgan fingerprint density at radius 1 is 0.232 bits per heavy atom. The topological polar surface area (TPSA) is 38.7 Å². The molecule has 0 N–H and O–H groups in total. The van der Waals surface area contributed by atoms with E-state index in [2.05, 4.69) is 140 Å². The molecule has 0 aliphatic heterocycles. The summed E-state index contributed by atoms with van der Waals surface area (Å²) >= 11 is 0. The van der Waals surface area contributed by atoms with Crippen molar-refractivity contribution in [3.63, 3.8) is 0 Å². The number of fused-ring (bicyclic) bond motifs is 4. The van der Waals surface area contributed by atoms with Gasteiger partial charge in [-0.1, -0.05) is 188 Å². The number of benzene rings is 9. The monoisotopic (exact) mass is 711 g/mol. The van der Waals surface area contributed by atoms with Crippen molar-refractivity contribution in [3.05, 3.63) is 200 Å². The molecule has 0 fully saturated rings. The second kappa shape index (κ2) is 13.1. The van der Waals surface area contributed by atoms with Gasteiger partial charge in [-0.25, -0.2) is 15.0 Å². The number of aromatic nitrogens is 3. The molecule has 0 bridgehead atoms. The van der Waals surface area contributed by atoms with Crippen molar-refractivity contribution < 1.29 is 0 Å². The number of hydrogen-bond donors (Lipinski definition) is 0. The highest BCUT2D eigenvalue weighted by molar-refractivity contribution is 6.18. The van der Waals surface area contributed by atoms with E-state index in [1.165, 1.54) is 71.6 Å². The molecule has 0 saturated heterocycles. The molecule has 10 aromatic rings. The standard InChI is InChI=1S/C53H33N3/c1-3-12-37(13-4-1)51-54-52(38-14-5-2-6-15-38)56-53(55-51)39-28-26-36(27-29-39)49-33-41(32-40-16-7-8-17-42(40)49)34-22-24-35(25-23-34)43-30-31-48-45-19-10-9-18-44(45)47-21-11-20-46(43)50(47)48/h1-33H. The number of nitrogens with zero attached hydrogens (tertiary/aromatic N) is 3. The molecule has 56 heavy (non-hydrogen) atoms. The SMILES string of the molecule is c1ccc(-c2nc(-c3ccccc3)nc(-c3ccc(-c4cc(-c5ccc(-c6ccc7c8c(cccc68)-c6ccccc6-7)cc5)cc5ccccc45)cc3)n2)cc1. The van der Waals surface area contributed by atoms with Gasteiger partial charge in [0, 0.05) is 16.7 Å². The Kier molecular flexibility index (Phi) is 7.49. The maximum Gasteiger partial charge on any atom is 0.164 e. The Morgan fingerprint density at radius 3 is 1.32 bits per heavy atom. The minimum Gasteiger partial charge on any atom is -0.208 e. The zero-order chi connectivity index (χ0) is 37.0. The van der Waals surface area contributed by atoms with Crippen molar-refractivity contribution >= 4 is 21.5 Å². The fraction of sp³-hybridized carbons (Fsp3) is 0. The van der Waals surface area contributed by atoms with Crippen LogP contribution in [-0.2, 0) is 0 Å². The Hall–Kier alpha value is -7.49. The van der Waals surface area contributed by atoms with Crippen LogP contribution in [0.1, 0.15) is 0 Å². The van der Waals surface area contributed by atoms with Gasteiger partial charge in [-0.05, 0) is 89.3 Å². The van der Waals surface area contributed by atoms with Crippen molar-refractivity contribution in [2.45, 2.75) is 0 Å². The summed E-state index contributed by atoms with van der Waals surface area (Å²) in [7, 11) is 0. The van der Waals surface area contributed by atoms with E-state index in [1.54, 1.807) is 0 Å². The van der Waals surface area contributed by atoms with Crippen LogP contribution in [0.5, 0.6) is 0 Å². The summed E-state index contributed by atoms with van der Waals surface area (Å²) in [5.74, 6) is 1.96. The van der Waals surface area contributed by atoms with Gasteiger partial charge < -0.3 is 0 Å². The Bertz CT molecular complexity index is 3010. The lowest BCUT2D eigenvalue weighted by molar-refractivity contribution is 1.07. The molecule has 11 rings (SSSR count). The lowest BCUT2D eigenvalue weighted by Crippen LogP contribution is -2.00. The fourth-order valence-corrected chi connectivity index (χ4v) is 8.36. The molecule has 0 spiro atoms. The molecule has 3 nitrogen and oxygen atoms in total. The van der Waals surface area contributed by atoms with Crippen LogP contribution in [0.2, 0.25) is 0 Å². The lowest BCUT2D eigenvalue weighted by atomic mass is 9.91. The van der Waals surface area contributed by atoms with Gasteiger partial charge in [-0.2, -0.15) is 0 Å². The molecule has 1 aliphatic rings. The van der Waals surface area contributed by atoms with Crippen molar-refractivity contribution in [1.82, 2.24) is 15.0 Å². The van der Waals surface area contributed by atoms with Crippen molar-refractivity contribution in [2.24, 2.45) is 0 Å². The molecule has 1 heterocycles. The molecule has 1 aromatic heterocycles. The first kappa shape index (κ1) is 32.0. The van der Waals surface area contributed by atoms with Gasteiger partial charge in [0.1, 0.15) is 0 Å². The third-order valence-corrected chi connectivity index (χ3v) is 11.1. The van der Waals surface area contributed by atoms with E-state index in [0.29, 0.717) is 17.5 Å². The molecule has 0 saturated carbocycles. The molecule has 0 radical (unpaired) electrons. The van der Waals surface area contributed by atoms with Crippen LogP contribution in [0, 0.1) is 0 Å². The molecular formula is C53H33N3. The van der Waals surface area contributed by atoms with Crippen LogP contribution >= 0.6 is 0 Å². The van der Waals surface area contributed by atoms with Crippen LogP contribution in [0.25, 0.3) is 111 Å². The largest absolute Gasteiger partial charge is 0.208 e. The van der Waals surface area contributed by atoms with Gasteiger partial charge in [0.15, 0.2) is 17.5 Å². The van der Waals surface area contributed by atoms with Gasteiger partial charge in [0.2, 0.25) is 0 Å². The average Bonchev–Trinajstić information content (AvgIpc) is 3.61. The Labute approximate surface area is 325 Å². The fourth-order valence-electron chi connectivity index (χ4n) is 8.36. The summed E-state index contributed by atoms with van der Waals surface area (Å²) < 4.78 is 0. The van der Waals surface area contributed by atoms with Crippen molar-refractivity contribution in [2.75, 3.05) is 0 Å². The lowest BCUT2D eigenvalue weighted by Gasteiger charge is -2.13. The summed E-state index contributed by atoms with van der Waals surface area (Å²) in [5, 5.41) is 5.07. The second-order valence-electron chi connectivity index (χ2n) is 14.4. The number of hydrogen-bond acceptors (Lipinski definition) is 3. The maximum atomic E-state index is 4.95. The van der Waals surface area contributed by atoms with Gasteiger partial charge in [0.25, 0.3) is 0 Å². The smallest absolute Gasteiger partial charge is 0.164 e. The first-order valence-electron chi connectivity index (χ1n) is 19.0. The molecular weight excluding hydrogens is 679 g/mol. The summed E-state index contributed by atoms with van der Waals surface area (Å²) in [4.78, 5) is 14.8. The second-order valence-corrected chi connectivity index (χ2v) is 14.4. The van der Waals surface area contributed by atoms with E-state index in [0.717, 1.165) is 22.3 Å². The Morgan fingerprint density at radius 2 is 0.679 bits per heavy atom. The zero-order valence-electron chi connectivity index (χ0n) is 30.4.